The van der Waals surface area contributed by atoms with Crippen LogP contribution in [-0.4, -0.2) is 18.2 Å². The molecule has 0 unspecified atom stereocenters. The minimum atomic E-state index is 0.709. The lowest BCUT2D eigenvalue weighted by Gasteiger charge is -2.10. The third-order valence-electron chi connectivity index (χ3n) is 3.43. The van der Waals surface area contributed by atoms with Gasteiger partial charge in [0.1, 0.15) is 0 Å². The van der Waals surface area contributed by atoms with Gasteiger partial charge in [0.25, 0.3) is 0 Å². The highest BCUT2D eigenvalue weighted by Crippen LogP contribution is 2.09. The van der Waals surface area contributed by atoms with Gasteiger partial charge in [-0.15, -0.1) is 0 Å². The van der Waals surface area contributed by atoms with Crippen molar-refractivity contribution in [2.45, 2.75) is 19.8 Å². The SMILES string of the molecule is Cc1ccc(CCNC(=S)NCCc2ccc(Cl)cc2)cc1. The molecule has 4 heteroatoms. The normalized spacial score (nSPS) is 10.3. The first-order valence-electron chi connectivity index (χ1n) is 7.45. The Bertz CT molecular complexity index is 540. The Hall–Kier alpha value is -1.58. The first-order valence-corrected chi connectivity index (χ1v) is 8.24. The third-order valence-corrected chi connectivity index (χ3v) is 3.97. The average Bonchev–Trinajstić information content (AvgIpc) is 2.51. The van der Waals surface area contributed by atoms with Gasteiger partial charge in [0.15, 0.2) is 5.11 Å². The number of rotatable bonds is 6. The molecule has 2 aromatic carbocycles. The number of halogens is 1. The van der Waals surface area contributed by atoms with E-state index in [1.54, 1.807) is 0 Å². The molecule has 0 bridgehead atoms. The molecule has 116 valence electrons. The largest absolute Gasteiger partial charge is 0.362 e. The molecule has 0 saturated heterocycles. The predicted octanol–water partition coefficient (Wildman–Crippen LogP) is 3.90. The fraction of sp³-hybridized carbons (Fsp3) is 0.278. The number of aryl methyl sites for hydroxylation is 1. The van der Waals surface area contributed by atoms with Crippen LogP contribution in [0.15, 0.2) is 48.5 Å². The molecule has 0 saturated carbocycles. The van der Waals surface area contributed by atoms with Crippen LogP contribution in [0.4, 0.5) is 0 Å². The zero-order valence-corrected chi connectivity index (χ0v) is 14.3. The van der Waals surface area contributed by atoms with Crippen molar-refractivity contribution in [2.24, 2.45) is 0 Å². The fourth-order valence-corrected chi connectivity index (χ4v) is 2.44. The molecular formula is C18H21ClN2S. The number of nitrogens with one attached hydrogen (secondary N) is 2. The van der Waals surface area contributed by atoms with Crippen LogP contribution in [0.3, 0.4) is 0 Å². The summed E-state index contributed by atoms with van der Waals surface area (Å²) in [5, 5.41) is 7.95. The molecule has 2 rings (SSSR count). The number of hydrogen-bond acceptors (Lipinski definition) is 1. The highest BCUT2D eigenvalue weighted by atomic mass is 35.5. The van der Waals surface area contributed by atoms with E-state index in [2.05, 4.69) is 41.8 Å². The number of thiocarbonyl (C=S) groups is 1. The van der Waals surface area contributed by atoms with Crippen molar-refractivity contribution >= 4 is 28.9 Å². The maximum Gasteiger partial charge on any atom is 0.166 e. The minimum Gasteiger partial charge on any atom is -0.362 e. The summed E-state index contributed by atoms with van der Waals surface area (Å²) in [6.07, 6.45) is 1.90. The molecule has 0 amide bonds. The van der Waals surface area contributed by atoms with Gasteiger partial charge < -0.3 is 10.6 Å². The van der Waals surface area contributed by atoms with Gasteiger partial charge in [-0.2, -0.15) is 0 Å². The van der Waals surface area contributed by atoms with Crippen molar-refractivity contribution < 1.29 is 0 Å². The van der Waals surface area contributed by atoms with Gasteiger partial charge in [0, 0.05) is 18.1 Å². The lowest BCUT2D eigenvalue weighted by Crippen LogP contribution is -2.37. The van der Waals surface area contributed by atoms with Crippen LogP contribution >= 0.6 is 23.8 Å². The van der Waals surface area contributed by atoms with E-state index >= 15 is 0 Å². The van der Waals surface area contributed by atoms with Crippen LogP contribution < -0.4 is 10.6 Å². The van der Waals surface area contributed by atoms with Crippen LogP contribution in [0.25, 0.3) is 0 Å². The first-order chi connectivity index (χ1) is 10.6. The maximum atomic E-state index is 5.87. The predicted molar refractivity (Wildman–Crippen MR) is 98.6 cm³/mol. The van der Waals surface area contributed by atoms with E-state index in [-0.39, 0.29) is 0 Å². The fourth-order valence-electron chi connectivity index (χ4n) is 2.11. The molecule has 0 heterocycles. The molecule has 0 fully saturated rings. The molecule has 0 spiro atoms. The second-order valence-electron chi connectivity index (χ2n) is 5.29. The second kappa shape index (κ2) is 8.76. The summed E-state index contributed by atoms with van der Waals surface area (Å²) in [6.45, 7) is 3.76. The van der Waals surface area contributed by atoms with Gasteiger partial charge in [-0.3, -0.25) is 0 Å². The van der Waals surface area contributed by atoms with Gasteiger partial charge in [-0.05, 0) is 55.2 Å². The second-order valence-corrected chi connectivity index (χ2v) is 6.14. The monoisotopic (exact) mass is 332 g/mol. The Morgan fingerprint density at radius 2 is 1.32 bits per heavy atom. The molecule has 2 nitrogen and oxygen atoms in total. The van der Waals surface area contributed by atoms with E-state index in [9.17, 15) is 0 Å². The topological polar surface area (TPSA) is 24.1 Å². The van der Waals surface area contributed by atoms with Crippen molar-refractivity contribution in [3.05, 3.63) is 70.2 Å². The van der Waals surface area contributed by atoms with E-state index in [0.717, 1.165) is 31.0 Å². The highest BCUT2D eigenvalue weighted by Gasteiger charge is 1.98. The maximum absolute atomic E-state index is 5.87. The molecule has 0 aromatic heterocycles. The van der Waals surface area contributed by atoms with Crippen LogP contribution in [0.1, 0.15) is 16.7 Å². The average molecular weight is 333 g/mol. The molecule has 2 N–H and O–H groups in total. The molecule has 0 aliphatic rings. The summed E-state index contributed by atoms with van der Waals surface area (Å²) in [6, 6.07) is 16.5. The molecule has 0 atom stereocenters. The summed E-state index contributed by atoms with van der Waals surface area (Å²) >= 11 is 11.1. The summed E-state index contributed by atoms with van der Waals surface area (Å²) in [5.74, 6) is 0. The Morgan fingerprint density at radius 3 is 1.82 bits per heavy atom. The molecular weight excluding hydrogens is 312 g/mol. The third kappa shape index (κ3) is 6.04. The quantitative estimate of drug-likeness (QED) is 0.785. The van der Waals surface area contributed by atoms with Gasteiger partial charge in [-0.1, -0.05) is 53.6 Å². The molecule has 0 aliphatic carbocycles. The summed E-state index contributed by atoms with van der Waals surface area (Å²) in [5.41, 5.74) is 3.86. The zero-order valence-electron chi connectivity index (χ0n) is 12.7. The van der Waals surface area contributed by atoms with Gasteiger partial charge in [0.2, 0.25) is 0 Å². The number of hydrogen-bond donors (Lipinski definition) is 2. The lowest BCUT2D eigenvalue weighted by molar-refractivity contribution is 0.802. The lowest BCUT2D eigenvalue weighted by atomic mass is 10.1. The molecule has 2 aromatic rings. The van der Waals surface area contributed by atoms with E-state index in [1.165, 1.54) is 16.7 Å². The molecule has 22 heavy (non-hydrogen) atoms. The Morgan fingerprint density at radius 1 is 0.864 bits per heavy atom. The first kappa shape index (κ1) is 16.8. The van der Waals surface area contributed by atoms with E-state index < -0.39 is 0 Å². The molecule has 0 radical (unpaired) electrons. The Labute approximate surface area is 142 Å². The van der Waals surface area contributed by atoms with Gasteiger partial charge in [-0.25, -0.2) is 0 Å². The van der Waals surface area contributed by atoms with Gasteiger partial charge >= 0.3 is 0 Å². The zero-order chi connectivity index (χ0) is 15.8. The standard InChI is InChI=1S/C18H21ClN2S/c1-14-2-4-15(5-3-14)10-12-20-18(22)21-13-11-16-6-8-17(19)9-7-16/h2-9H,10-13H2,1H3,(H2,20,21,22). The van der Waals surface area contributed by atoms with Crippen molar-refractivity contribution in [1.82, 2.24) is 10.6 Å². The highest BCUT2D eigenvalue weighted by molar-refractivity contribution is 7.80. The van der Waals surface area contributed by atoms with Crippen LogP contribution in [0.2, 0.25) is 5.02 Å². The van der Waals surface area contributed by atoms with Crippen LogP contribution in [-0.2, 0) is 12.8 Å². The number of benzene rings is 2. The van der Waals surface area contributed by atoms with E-state index in [0.29, 0.717) is 5.11 Å². The minimum absolute atomic E-state index is 0.709. The summed E-state index contributed by atoms with van der Waals surface area (Å²) < 4.78 is 0. The van der Waals surface area contributed by atoms with Crippen molar-refractivity contribution in [3.63, 3.8) is 0 Å². The summed E-state index contributed by atoms with van der Waals surface area (Å²) in [4.78, 5) is 0. The van der Waals surface area contributed by atoms with Crippen molar-refractivity contribution in [3.8, 4) is 0 Å². The van der Waals surface area contributed by atoms with E-state index in [1.807, 2.05) is 24.3 Å². The van der Waals surface area contributed by atoms with Crippen molar-refractivity contribution in [1.29, 1.82) is 0 Å². The van der Waals surface area contributed by atoms with Gasteiger partial charge in [0.05, 0.1) is 0 Å². The van der Waals surface area contributed by atoms with Crippen molar-refractivity contribution in [2.75, 3.05) is 13.1 Å². The van der Waals surface area contributed by atoms with E-state index in [4.69, 9.17) is 23.8 Å². The Kier molecular flexibility index (Phi) is 6.69. The Balaban J connectivity index is 1.61. The smallest absolute Gasteiger partial charge is 0.166 e. The van der Waals surface area contributed by atoms with Crippen LogP contribution in [0.5, 0.6) is 0 Å². The summed E-state index contributed by atoms with van der Waals surface area (Å²) in [7, 11) is 0. The van der Waals surface area contributed by atoms with Crippen LogP contribution in [0, 0.1) is 6.92 Å². The molecule has 0 aliphatic heterocycles.